The Hall–Kier alpha value is -2.41. The van der Waals surface area contributed by atoms with Crippen LogP contribution >= 0.6 is 0 Å². The van der Waals surface area contributed by atoms with Gasteiger partial charge in [0.1, 0.15) is 12.0 Å². The van der Waals surface area contributed by atoms with Crippen LogP contribution in [0.4, 0.5) is 23.0 Å². The highest BCUT2D eigenvalue weighted by atomic mass is 16.5. The van der Waals surface area contributed by atoms with Crippen LogP contribution in [0.15, 0.2) is 30.9 Å². The minimum Gasteiger partial charge on any atom is -0.393 e. The number of nitrogens with two attached hydrogens (primary N) is 1. The monoisotopic (exact) mass is 260 g/mol. The highest BCUT2D eigenvalue weighted by Crippen LogP contribution is 2.25. The Morgan fingerprint density at radius 1 is 1.21 bits per heavy atom. The number of rotatable bonds is 6. The largest absolute Gasteiger partial charge is 0.393 e. The predicted molar refractivity (Wildman–Crippen MR) is 74.3 cm³/mol. The third-order valence-corrected chi connectivity index (χ3v) is 2.43. The van der Waals surface area contributed by atoms with Crippen LogP contribution in [0.5, 0.6) is 0 Å². The fourth-order valence-electron chi connectivity index (χ4n) is 1.48. The standard InChI is InChI=1S/C12H16N6O/c1-19-7-6-15-11-10(13)12(17-8-16-11)18-9-2-4-14-5-3-9/h2-5,8H,6-7,13H2,1H3,(H2,14,15,16,17,18). The van der Waals surface area contributed by atoms with Gasteiger partial charge in [-0.15, -0.1) is 0 Å². The predicted octanol–water partition coefficient (Wildman–Crippen LogP) is 1.26. The molecule has 2 rings (SSSR count). The summed E-state index contributed by atoms with van der Waals surface area (Å²) < 4.78 is 4.96. The summed E-state index contributed by atoms with van der Waals surface area (Å²) in [5, 5.41) is 6.20. The van der Waals surface area contributed by atoms with Gasteiger partial charge in [-0.05, 0) is 12.1 Å². The summed E-state index contributed by atoms with van der Waals surface area (Å²) in [5.41, 5.74) is 7.34. The normalized spacial score (nSPS) is 10.2. The van der Waals surface area contributed by atoms with Crippen LogP contribution < -0.4 is 16.4 Å². The number of methoxy groups -OCH3 is 1. The van der Waals surface area contributed by atoms with Crippen LogP contribution in [0.2, 0.25) is 0 Å². The van der Waals surface area contributed by atoms with Gasteiger partial charge in [-0.2, -0.15) is 0 Å². The molecule has 0 spiro atoms. The van der Waals surface area contributed by atoms with Gasteiger partial charge in [0.2, 0.25) is 0 Å². The molecule has 0 atom stereocenters. The molecule has 0 aromatic carbocycles. The molecular weight excluding hydrogens is 244 g/mol. The van der Waals surface area contributed by atoms with E-state index in [-0.39, 0.29) is 0 Å². The quantitative estimate of drug-likeness (QED) is 0.672. The van der Waals surface area contributed by atoms with E-state index in [2.05, 4.69) is 25.6 Å². The molecule has 0 aliphatic heterocycles. The molecule has 2 heterocycles. The van der Waals surface area contributed by atoms with Gasteiger partial charge in [0.15, 0.2) is 11.6 Å². The van der Waals surface area contributed by atoms with E-state index >= 15 is 0 Å². The van der Waals surface area contributed by atoms with Gasteiger partial charge in [-0.25, -0.2) is 9.97 Å². The molecule has 100 valence electrons. The Morgan fingerprint density at radius 2 is 1.95 bits per heavy atom. The average Bonchev–Trinajstić information content (AvgIpc) is 2.44. The summed E-state index contributed by atoms with van der Waals surface area (Å²) in [4.78, 5) is 12.2. The Balaban J connectivity index is 2.11. The van der Waals surface area contributed by atoms with E-state index in [1.807, 2.05) is 12.1 Å². The molecule has 0 unspecified atom stereocenters. The van der Waals surface area contributed by atoms with Crippen LogP contribution in [0, 0.1) is 0 Å². The summed E-state index contributed by atoms with van der Waals surface area (Å²) in [6.07, 6.45) is 4.84. The van der Waals surface area contributed by atoms with Crippen molar-refractivity contribution in [3.8, 4) is 0 Å². The molecule has 0 radical (unpaired) electrons. The second kappa shape index (κ2) is 6.50. The molecule has 0 bridgehead atoms. The summed E-state index contributed by atoms with van der Waals surface area (Å²) >= 11 is 0. The van der Waals surface area contributed by atoms with Gasteiger partial charge in [-0.3, -0.25) is 4.98 Å². The Kier molecular flexibility index (Phi) is 4.46. The molecule has 0 aliphatic carbocycles. The van der Waals surface area contributed by atoms with Crippen molar-refractivity contribution in [2.24, 2.45) is 0 Å². The smallest absolute Gasteiger partial charge is 0.159 e. The lowest BCUT2D eigenvalue weighted by Gasteiger charge is -2.12. The Morgan fingerprint density at radius 3 is 2.68 bits per heavy atom. The molecule has 7 heteroatoms. The van der Waals surface area contributed by atoms with Crippen LogP contribution in [0.3, 0.4) is 0 Å². The van der Waals surface area contributed by atoms with Gasteiger partial charge >= 0.3 is 0 Å². The van der Waals surface area contributed by atoms with E-state index < -0.39 is 0 Å². The molecule has 0 aliphatic rings. The SMILES string of the molecule is COCCNc1ncnc(Nc2ccncc2)c1N. The van der Waals surface area contributed by atoms with Gasteiger partial charge in [0.05, 0.1) is 6.61 Å². The zero-order valence-corrected chi connectivity index (χ0v) is 10.6. The molecule has 0 amide bonds. The summed E-state index contributed by atoms with van der Waals surface area (Å²) in [6.45, 7) is 1.21. The third-order valence-electron chi connectivity index (χ3n) is 2.43. The third kappa shape index (κ3) is 3.52. The zero-order chi connectivity index (χ0) is 13.5. The number of anilines is 4. The second-order valence-corrected chi connectivity index (χ2v) is 3.77. The van der Waals surface area contributed by atoms with Gasteiger partial charge in [0.25, 0.3) is 0 Å². The van der Waals surface area contributed by atoms with Gasteiger partial charge < -0.3 is 21.1 Å². The van der Waals surface area contributed by atoms with Crippen molar-refractivity contribution < 1.29 is 4.74 Å². The maximum absolute atomic E-state index is 6.01. The topological polar surface area (TPSA) is 98.0 Å². The molecule has 7 nitrogen and oxygen atoms in total. The molecule has 19 heavy (non-hydrogen) atoms. The van der Waals surface area contributed by atoms with Crippen LogP contribution in [0.25, 0.3) is 0 Å². The molecule has 0 saturated heterocycles. The number of hydrogen-bond acceptors (Lipinski definition) is 7. The van der Waals surface area contributed by atoms with Crippen molar-refractivity contribution in [2.75, 3.05) is 36.6 Å². The van der Waals surface area contributed by atoms with E-state index in [4.69, 9.17) is 10.5 Å². The highest BCUT2D eigenvalue weighted by molar-refractivity contribution is 5.77. The highest BCUT2D eigenvalue weighted by Gasteiger charge is 2.07. The van der Waals surface area contributed by atoms with Crippen LogP contribution in [-0.2, 0) is 4.74 Å². The molecule has 2 aromatic rings. The minimum absolute atomic E-state index is 0.468. The van der Waals surface area contributed by atoms with Crippen molar-refractivity contribution in [3.05, 3.63) is 30.9 Å². The van der Waals surface area contributed by atoms with Crippen LogP contribution in [0.1, 0.15) is 0 Å². The Labute approximate surface area is 111 Å². The summed E-state index contributed by atoms with van der Waals surface area (Å²) in [6, 6.07) is 3.67. The fraction of sp³-hybridized carbons (Fsp3) is 0.250. The van der Waals surface area contributed by atoms with E-state index in [1.54, 1.807) is 19.5 Å². The number of nitrogens with zero attached hydrogens (tertiary/aromatic N) is 3. The molecular formula is C12H16N6O. The maximum atomic E-state index is 6.01. The Bertz CT molecular complexity index is 519. The van der Waals surface area contributed by atoms with Crippen molar-refractivity contribution in [3.63, 3.8) is 0 Å². The number of ether oxygens (including phenoxy) is 1. The number of nitrogens with one attached hydrogen (secondary N) is 2. The number of aromatic nitrogens is 3. The second-order valence-electron chi connectivity index (χ2n) is 3.77. The molecule has 0 fully saturated rings. The van der Waals surface area contributed by atoms with Gasteiger partial charge in [0, 0.05) is 31.7 Å². The number of pyridine rings is 1. The lowest BCUT2D eigenvalue weighted by atomic mass is 10.3. The lowest BCUT2D eigenvalue weighted by Crippen LogP contribution is -2.12. The first kappa shape index (κ1) is 13.0. The van der Waals surface area contributed by atoms with E-state index in [1.165, 1.54) is 6.33 Å². The summed E-state index contributed by atoms with van der Waals surface area (Å²) in [5.74, 6) is 1.14. The maximum Gasteiger partial charge on any atom is 0.159 e. The number of hydrogen-bond donors (Lipinski definition) is 3. The first-order valence-corrected chi connectivity index (χ1v) is 5.81. The zero-order valence-electron chi connectivity index (χ0n) is 10.6. The lowest BCUT2D eigenvalue weighted by molar-refractivity contribution is 0.210. The van der Waals surface area contributed by atoms with E-state index in [0.29, 0.717) is 30.5 Å². The van der Waals surface area contributed by atoms with E-state index in [0.717, 1.165) is 5.69 Å². The first-order valence-electron chi connectivity index (χ1n) is 5.81. The van der Waals surface area contributed by atoms with Crippen LogP contribution in [-0.4, -0.2) is 35.2 Å². The first-order chi connectivity index (χ1) is 9.31. The van der Waals surface area contributed by atoms with Crippen molar-refractivity contribution in [1.82, 2.24) is 15.0 Å². The minimum atomic E-state index is 0.468. The molecule has 0 saturated carbocycles. The fourth-order valence-corrected chi connectivity index (χ4v) is 1.48. The van der Waals surface area contributed by atoms with Crippen molar-refractivity contribution in [2.45, 2.75) is 0 Å². The molecule has 4 N–H and O–H groups in total. The summed E-state index contributed by atoms with van der Waals surface area (Å²) in [7, 11) is 1.64. The van der Waals surface area contributed by atoms with E-state index in [9.17, 15) is 0 Å². The van der Waals surface area contributed by atoms with Gasteiger partial charge in [-0.1, -0.05) is 0 Å². The average molecular weight is 260 g/mol. The number of nitrogen functional groups attached to an aromatic ring is 1. The molecule has 2 aromatic heterocycles. The van der Waals surface area contributed by atoms with Crippen molar-refractivity contribution >= 4 is 23.0 Å². The van der Waals surface area contributed by atoms with Crippen molar-refractivity contribution in [1.29, 1.82) is 0 Å².